The minimum absolute atomic E-state index is 0.0538. The molecule has 0 rings (SSSR count). The van der Waals surface area contributed by atoms with Crippen molar-refractivity contribution in [1.82, 2.24) is 5.32 Å². The molecule has 412 valence electrons. The zero-order valence-electron chi connectivity index (χ0n) is 47.0. The van der Waals surface area contributed by atoms with Crippen molar-refractivity contribution in [3.8, 4) is 0 Å². The van der Waals surface area contributed by atoms with Gasteiger partial charge >= 0.3 is 7.82 Å². The van der Waals surface area contributed by atoms with Crippen molar-refractivity contribution in [2.45, 2.75) is 296 Å². The van der Waals surface area contributed by atoms with Crippen LogP contribution in [-0.2, 0) is 18.4 Å². The van der Waals surface area contributed by atoms with Gasteiger partial charge in [-0.15, -0.1) is 0 Å². The average Bonchev–Trinajstić information content (AvgIpc) is 3.32. The van der Waals surface area contributed by atoms with Gasteiger partial charge in [0.05, 0.1) is 39.9 Å². The van der Waals surface area contributed by atoms with Crippen LogP contribution in [0.1, 0.15) is 284 Å². The van der Waals surface area contributed by atoms with Gasteiger partial charge in [-0.2, -0.15) is 0 Å². The van der Waals surface area contributed by atoms with Crippen molar-refractivity contribution in [1.29, 1.82) is 0 Å². The number of amides is 1. The molecule has 0 aliphatic rings. The van der Waals surface area contributed by atoms with Crippen LogP contribution in [0.15, 0.2) is 48.6 Å². The van der Waals surface area contributed by atoms with Gasteiger partial charge in [0.1, 0.15) is 13.2 Å². The van der Waals surface area contributed by atoms with Gasteiger partial charge in [0.25, 0.3) is 0 Å². The SMILES string of the molecule is CCCCCCCCCCC/C=C\C/C=C\CCCCCCCCCC(=O)NC(COP(=O)(O)OCC[N+](C)(C)C)C(O)/C=C/CC/C=C/CCCCCCCCCCCCCCCCCCCCC. The number of aliphatic hydroxyl groups excluding tert-OH is 1. The van der Waals surface area contributed by atoms with Crippen LogP contribution >= 0.6 is 7.82 Å². The van der Waals surface area contributed by atoms with E-state index in [1.54, 1.807) is 6.08 Å². The fourth-order valence-electron chi connectivity index (χ4n) is 8.80. The van der Waals surface area contributed by atoms with E-state index in [4.69, 9.17) is 9.05 Å². The Bertz CT molecular complexity index is 1280. The van der Waals surface area contributed by atoms with E-state index >= 15 is 0 Å². The van der Waals surface area contributed by atoms with Gasteiger partial charge in [-0.3, -0.25) is 13.8 Å². The Kier molecular flexibility index (Phi) is 51.2. The highest BCUT2D eigenvalue weighted by Crippen LogP contribution is 2.43. The molecule has 0 radical (unpaired) electrons. The van der Waals surface area contributed by atoms with Crippen LogP contribution in [0.2, 0.25) is 0 Å². The Labute approximate surface area is 435 Å². The first-order valence-corrected chi connectivity index (χ1v) is 31.5. The highest BCUT2D eigenvalue weighted by Gasteiger charge is 2.27. The lowest BCUT2D eigenvalue weighted by molar-refractivity contribution is -0.870. The lowest BCUT2D eigenvalue weighted by atomic mass is 10.0. The summed E-state index contributed by atoms with van der Waals surface area (Å²) in [6, 6.07) is -0.870. The molecule has 3 unspecified atom stereocenters. The normalized spacial score (nSPS) is 14.2. The van der Waals surface area contributed by atoms with Crippen LogP contribution in [0.5, 0.6) is 0 Å². The fourth-order valence-corrected chi connectivity index (χ4v) is 9.53. The highest BCUT2D eigenvalue weighted by atomic mass is 31.2. The van der Waals surface area contributed by atoms with Gasteiger partial charge in [-0.05, 0) is 64.2 Å². The number of rotatable bonds is 55. The number of aliphatic hydroxyl groups is 1. The van der Waals surface area contributed by atoms with Crippen LogP contribution in [0.3, 0.4) is 0 Å². The number of unbranched alkanes of at least 4 members (excludes halogenated alkanes) is 36. The molecule has 0 aromatic carbocycles. The molecule has 0 aliphatic carbocycles. The molecule has 0 bridgehead atoms. The van der Waals surface area contributed by atoms with E-state index in [1.165, 1.54) is 212 Å². The quantitative estimate of drug-likeness (QED) is 0.0243. The minimum Gasteiger partial charge on any atom is -0.387 e. The highest BCUT2D eigenvalue weighted by molar-refractivity contribution is 7.47. The first-order chi connectivity index (χ1) is 34.0. The number of phosphoric acid groups is 1. The van der Waals surface area contributed by atoms with Crippen molar-refractivity contribution in [3.63, 3.8) is 0 Å². The third-order valence-electron chi connectivity index (χ3n) is 13.5. The van der Waals surface area contributed by atoms with Crippen LogP contribution in [0.25, 0.3) is 0 Å². The largest absolute Gasteiger partial charge is 0.472 e. The zero-order chi connectivity index (χ0) is 51.3. The maximum absolute atomic E-state index is 13.0. The number of nitrogens with zero attached hydrogens (tertiary/aromatic N) is 1. The van der Waals surface area contributed by atoms with E-state index in [0.717, 1.165) is 51.4 Å². The second kappa shape index (κ2) is 52.3. The number of quaternary nitrogens is 1. The van der Waals surface area contributed by atoms with Gasteiger partial charge in [-0.25, -0.2) is 4.57 Å². The maximum Gasteiger partial charge on any atom is 0.472 e. The maximum atomic E-state index is 13.0. The zero-order valence-corrected chi connectivity index (χ0v) is 47.9. The molecule has 0 heterocycles. The van der Waals surface area contributed by atoms with E-state index in [0.29, 0.717) is 17.4 Å². The molecule has 3 N–H and O–H groups in total. The second-order valence-corrected chi connectivity index (χ2v) is 23.2. The van der Waals surface area contributed by atoms with Crippen LogP contribution in [0, 0.1) is 0 Å². The third-order valence-corrected chi connectivity index (χ3v) is 14.5. The molecule has 70 heavy (non-hydrogen) atoms. The fraction of sp³-hybridized carbons (Fsp3) is 0.852. The number of nitrogens with one attached hydrogen (secondary N) is 1. The first-order valence-electron chi connectivity index (χ1n) is 30.0. The van der Waals surface area contributed by atoms with Crippen molar-refractivity contribution < 1.29 is 32.9 Å². The number of likely N-dealkylation sites (N-methyl/N-ethyl adjacent to an activating group) is 1. The van der Waals surface area contributed by atoms with E-state index in [2.05, 4.69) is 55.6 Å². The van der Waals surface area contributed by atoms with Gasteiger partial charge in [0.2, 0.25) is 5.91 Å². The number of carbonyl (C=O) groups is 1. The van der Waals surface area contributed by atoms with Crippen molar-refractivity contribution in [2.24, 2.45) is 0 Å². The van der Waals surface area contributed by atoms with Gasteiger partial charge in [0.15, 0.2) is 0 Å². The Hall–Kier alpha value is -1.54. The number of carbonyl (C=O) groups excluding carboxylic acids is 1. The Morgan fingerprint density at radius 2 is 0.829 bits per heavy atom. The van der Waals surface area contributed by atoms with Crippen molar-refractivity contribution in [3.05, 3.63) is 48.6 Å². The van der Waals surface area contributed by atoms with E-state index in [9.17, 15) is 19.4 Å². The minimum atomic E-state index is -4.36. The second-order valence-electron chi connectivity index (χ2n) is 21.7. The molecule has 0 spiro atoms. The summed E-state index contributed by atoms with van der Waals surface area (Å²) in [5, 5.41) is 13.9. The van der Waals surface area contributed by atoms with E-state index in [-0.39, 0.29) is 19.1 Å². The molecule has 8 nitrogen and oxygen atoms in total. The molecule has 0 aromatic rings. The summed E-state index contributed by atoms with van der Waals surface area (Å²) in [5.74, 6) is -0.192. The predicted octanol–water partition coefficient (Wildman–Crippen LogP) is 18.3. The molecule has 1 amide bonds. The van der Waals surface area contributed by atoms with Crippen molar-refractivity contribution >= 4 is 13.7 Å². The number of hydrogen-bond acceptors (Lipinski definition) is 5. The van der Waals surface area contributed by atoms with Gasteiger partial charge < -0.3 is 19.8 Å². The molecule has 0 saturated heterocycles. The monoisotopic (exact) mass is 1010 g/mol. The molecular weight excluding hydrogens is 888 g/mol. The summed E-state index contributed by atoms with van der Waals surface area (Å²) in [6.45, 7) is 4.82. The Balaban J connectivity index is 4.25. The van der Waals surface area contributed by atoms with E-state index < -0.39 is 20.0 Å². The Morgan fingerprint density at radius 1 is 0.486 bits per heavy atom. The molecular formula is C61H118N2O6P+. The molecule has 0 aliphatic heterocycles. The van der Waals surface area contributed by atoms with Crippen molar-refractivity contribution in [2.75, 3.05) is 40.9 Å². The van der Waals surface area contributed by atoms with Crippen LogP contribution < -0.4 is 5.32 Å². The van der Waals surface area contributed by atoms with Crippen LogP contribution in [0.4, 0.5) is 0 Å². The number of hydrogen-bond donors (Lipinski definition) is 3. The summed E-state index contributed by atoms with van der Waals surface area (Å²) in [7, 11) is 1.55. The van der Waals surface area contributed by atoms with E-state index in [1.807, 2.05) is 27.2 Å². The Morgan fingerprint density at radius 3 is 1.23 bits per heavy atom. The molecule has 0 aromatic heterocycles. The average molecular weight is 1010 g/mol. The van der Waals surface area contributed by atoms with Gasteiger partial charge in [0, 0.05) is 6.42 Å². The lowest BCUT2D eigenvalue weighted by Gasteiger charge is -2.25. The number of allylic oxidation sites excluding steroid dienone is 7. The summed E-state index contributed by atoms with van der Waals surface area (Å²) in [4.78, 5) is 23.3. The molecule has 3 atom stereocenters. The van der Waals surface area contributed by atoms with Gasteiger partial charge in [-0.1, -0.05) is 262 Å². The van der Waals surface area contributed by atoms with Crippen LogP contribution in [-0.4, -0.2) is 73.4 Å². The standard InChI is InChI=1S/C61H117N2O6P/c1-6-8-10-12-14-16-18-20-22-24-26-28-30-31-33-34-36-38-40-42-44-46-48-50-52-54-60(64)59(58-69-70(66,67)68-57-56-63(3,4)5)62-61(65)55-53-51-49-47-45-43-41-39-37-35-32-29-27-25-23-21-19-17-15-13-11-9-7-2/h27,29,35,37,44,46,52,54,59-60,64H,6-26,28,30-34,36,38-43,45,47-51,53,55-58H2,1-5H3,(H-,62,65,66,67)/p+1/b29-27-,37-35-,46-44+,54-52+. The molecule has 0 saturated carbocycles. The third kappa shape index (κ3) is 54.2. The summed E-state index contributed by atoms with van der Waals surface area (Å²) in [6.07, 6.45) is 69.4. The smallest absolute Gasteiger partial charge is 0.387 e. The number of phosphoric ester groups is 1. The summed E-state index contributed by atoms with van der Waals surface area (Å²) in [5.41, 5.74) is 0. The molecule has 9 heteroatoms. The summed E-state index contributed by atoms with van der Waals surface area (Å²) >= 11 is 0. The first kappa shape index (κ1) is 68.5. The molecule has 0 fully saturated rings. The predicted molar refractivity (Wildman–Crippen MR) is 304 cm³/mol. The summed E-state index contributed by atoms with van der Waals surface area (Å²) < 4.78 is 23.7. The topological polar surface area (TPSA) is 105 Å². The lowest BCUT2D eigenvalue weighted by Crippen LogP contribution is -2.45.